The Balaban J connectivity index is 1.63. The van der Waals surface area contributed by atoms with Gasteiger partial charge in [-0.2, -0.15) is 10.4 Å². The normalized spacial score (nSPS) is 19.9. The summed E-state index contributed by atoms with van der Waals surface area (Å²) in [4.78, 5) is 28.0. The lowest BCUT2D eigenvalue weighted by atomic mass is 9.99. The lowest BCUT2D eigenvalue weighted by Crippen LogP contribution is -2.45. The molecule has 0 aliphatic carbocycles. The maximum absolute atomic E-state index is 14.2. The standard InChI is InChI=1S/C20H19F3N6O2/c1-11-5-16-14(17-18(30)27(2)9-20(22,23)10-29(17)26-16)8-28(11)19(31)25-13-3-4-15(21)12(6-13)7-24/h3-4,6,11H,5,8-10H2,1-2H3,(H,25,31). The molecular formula is C20H19F3N6O2. The third-order valence-electron chi connectivity index (χ3n) is 5.48. The number of carbonyl (C=O) groups excluding carboxylic acids is 2. The number of aromatic nitrogens is 2. The number of benzene rings is 1. The smallest absolute Gasteiger partial charge is 0.322 e. The average molecular weight is 432 g/mol. The molecule has 1 atom stereocenters. The first-order valence-electron chi connectivity index (χ1n) is 9.59. The first kappa shape index (κ1) is 20.7. The molecule has 1 unspecified atom stereocenters. The van der Waals surface area contributed by atoms with E-state index >= 15 is 0 Å². The van der Waals surface area contributed by atoms with Crippen molar-refractivity contribution in [1.29, 1.82) is 5.26 Å². The summed E-state index contributed by atoms with van der Waals surface area (Å²) in [5, 5.41) is 15.8. The molecule has 0 radical (unpaired) electrons. The molecule has 4 rings (SSSR count). The molecule has 1 N–H and O–H groups in total. The van der Waals surface area contributed by atoms with Crippen molar-refractivity contribution >= 4 is 17.6 Å². The van der Waals surface area contributed by atoms with Gasteiger partial charge in [-0.1, -0.05) is 0 Å². The van der Waals surface area contributed by atoms with Crippen LogP contribution in [0, 0.1) is 17.1 Å². The van der Waals surface area contributed by atoms with E-state index in [1.165, 1.54) is 24.1 Å². The highest BCUT2D eigenvalue weighted by Crippen LogP contribution is 2.31. The molecule has 1 aromatic carbocycles. The molecule has 31 heavy (non-hydrogen) atoms. The number of halogens is 3. The van der Waals surface area contributed by atoms with Gasteiger partial charge in [0.15, 0.2) is 0 Å². The van der Waals surface area contributed by atoms with E-state index in [9.17, 15) is 22.8 Å². The Morgan fingerprint density at radius 1 is 1.35 bits per heavy atom. The van der Waals surface area contributed by atoms with E-state index in [1.807, 2.05) is 0 Å². The van der Waals surface area contributed by atoms with E-state index in [1.54, 1.807) is 13.0 Å². The Kier molecular flexibility index (Phi) is 4.88. The second kappa shape index (κ2) is 7.30. The highest BCUT2D eigenvalue weighted by atomic mass is 19.3. The van der Waals surface area contributed by atoms with Crippen molar-refractivity contribution in [3.8, 4) is 6.07 Å². The molecule has 1 aromatic heterocycles. The number of rotatable bonds is 1. The number of carbonyl (C=O) groups is 2. The predicted octanol–water partition coefficient (Wildman–Crippen LogP) is 2.59. The Hall–Kier alpha value is -3.55. The van der Waals surface area contributed by atoms with E-state index < -0.39 is 36.8 Å². The number of urea groups is 1. The fourth-order valence-electron chi connectivity index (χ4n) is 3.97. The summed E-state index contributed by atoms with van der Waals surface area (Å²) in [7, 11) is 1.31. The predicted molar refractivity (Wildman–Crippen MR) is 103 cm³/mol. The third-order valence-corrected chi connectivity index (χ3v) is 5.48. The summed E-state index contributed by atoms with van der Waals surface area (Å²) >= 11 is 0. The first-order chi connectivity index (χ1) is 14.6. The second-order valence-electron chi connectivity index (χ2n) is 7.87. The molecule has 2 aliphatic rings. The van der Waals surface area contributed by atoms with Crippen LogP contribution >= 0.6 is 0 Å². The van der Waals surface area contributed by atoms with Gasteiger partial charge in [0.25, 0.3) is 11.8 Å². The Morgan fingerprint density at radius 2 is 2.10 bits per heavy atom. The van der Waals surface area contributed by atoms with Gasteiger partial charge >= 0.3 is 6.03 Å². The van der Waals surface area contributed by atoms with Crippen LogP contribution in [0.5, 0.6) is 0 Å². The molecule has 0 fully saturated rings. The van der Waals surface area contributed by atoms with Crippen LogP contribution < -0.4 is 5.32 Å². The van der Waals surface area contributed by atoms with Gasteiger partial charge in [-0.05, 0) is 25.1 Å². The van der Waals surface area contributed by atoms with Crippen molar-refractivity contribution in [1.82, 2.24) is 19.6 Å². The number of fused-ring (bicyclic) bond motifs is 3. The van der Waals surface area contributed by atoms with Crippen LogP contribution in [0.4, 0.5) is 23.7 Å². The summed E-state index contributed by atoms with van der Waals surface area (Å²) < 4.78 is 42.9. The van der Waals surface area contributed by atoms with Crippen molar-refractivity contribution in [2.45, 2.75) is 38.4 Å². The minimum absolute atomic E-state index is 0.00905. The maximum Gasteiger partial charge on any atom is 0.322 e. The Bertz CT molecular complexity index is 1120. The van der Waals surface area contributed by atoms with Gasteiger partial charge < -0.3 is 15.1 Å². The molecule has 3 heterocycles. The fourth-order valence-corrected chi connectivity index (χ4v) is 3.97. The molecular weight excluding hydrogens is 413 g/mol. The third kappa shape index (κ3) is 3.69. The number of nitrogens with zero attached hydrogens (tertiary/aromatic N) is 5. The molecule has 3 amide bonds. The maximum atomic E-state index is 14.2. The summed E-state index contributed by atoms with van der Waals surface area (Å²) in [6.45, 7) is 0.366. The molecule has 0 spiro atoms. The van der Waals surface area contributed by atoms with Crippen molar-refractivity contribution in [2.24, 2.45) is 0 Å². The zero-order valence-electron chi connectivity index (χ0n) is 16.8. The van der Waals surface area contributed by atoms with Crippen molar-refractivity contribution in [3.05, 3.63) is 46.5 Å². The summed E-state index contributed by atoms with van der Waals surface area (Å²) in [5.41, 5.74) is 1.06. The van der Waals surface area contributed by atoms with E-state index in [0.29, 0.717) is 11.3 Å². The van der Waals surface area contributed by atoms with Gasteiger partial charge in [0, 0.05) is 30.8 Å². The highest BCUT2D eigenvalue weighted by molar-refractivity contribution is 5.95. The quantitative estimate of drug-likeness (QED) is 0.750. The van der Waals surface area contributed by atoms with E-state index in [2.05, 4.69) is 10.4 Å². The molecule has 0 saturated carbocycles. The SMILES string of the molecule is CC1Cc2nn3c(c2CN1C(=O)Nc1ccc(F)c(C#N)c1)C(=O)N(C)CC(F)(F)C3. The topological polar surface area (TPSA) is 94.3 Å². The minimum atomic E-state index is -3.12. The zero-order chi connectivity index (χ0) is 22.5. The van der Waals surface area contributed by atoms with Crippen LogP contribution in [0.1, 0.15) is 34.2 Å². The molecule has 11 heteroatoms. The Labute approximate surface area is 175 Å². The summed E-state index contributed by atoms with van der Waals surface area (Å²) in [5.74, 6) is -4.38. The number of hydrogen-bond acceptors (Lipinski definition) is 4. The van der Waals surface area contributed by atoms with E-state index in [0.717, 1.165) is 15.6 Å². The van der Waals surface area contributed by atoms with Crippen molar-refractivity contribution in [2.75, 3.05) is 18.9 Å². The monoisotopic (exact) mass is 432 g/mol. The lowest BCUT2D eigenvalue weighted by molar-refractivity contribution is -0.0336. The largest absolute Gasteiger partial charge is 0.334 e. The van der Waals surface area contributed by atoms with E-state index in [4.69, 9.17) is 5.26 Å². The van der Waals surface area contributed by atoms with Gasteiger partial charge in [0.05, 0.1) is 24.3 Å². The minimum Gasteiger partial charge on any atom is -0.334 e. The van der Waals surface area contributed by atoms with Gasteiger partial charge in [-0.25, -0.2) is 18.0 Å². The van der Waals surface area contributed by atoms with Gasteiger partial charge in [0.2, 0.25) is 0 Å². The number of amides is 3. The van der Waals surface area contributed by atoms with Crippen LogP contribution in [-0.4, -0.2) is 57.1 Å². The summed E-state index contributed by atoms with van der Waals surface area (Å²) in [6.07, 6.45) is 0.290. The number of alkyl halides is 2. The molecule has 162 valence electrons. The number of nitriles is 1. The van der Waals surface area contributed by atoms with Crippen molar-refractivity contribution in [3.63, 3.8) is 0 Å². The number of anilines is 1. The van der Waals surface area contributed by atoms with Crippen LogP contribution in [-0.2, 0) is 19.5 Å². The molecule has 8 nitrogen and oxygen atoms in total. The lowest BCUT2D eigenvalue weighted by Gasteiger charge is -2.33. The molecule has 0 saturated heterocycles. The second-order valence-corrected chi connectivity index (χ2v) is 7.87. The first-order valence-corrected chi connectivity index (χ1v) is 9.59. The van der Waals surface area contributed by atoms with Gasteiger partial charge in [-0.15, -0.1) is 0 Å². The highest BCUT2D eigenvalue weighted by Gasteiger charge is 2.42. The Morgan fingerprint density at radius 3 is 2.81 bits per heavy atom. The summed E-state index contributed by atoms with van der Waals surface area (Å²) in [6, 6.07) is 4.50. The number of nitrogens with one attached hydrogen (secondary N) is 1. The van der Waals surface area contributed by atoms with Crippen LogP contribution in [0.25, 0.3) is 0 Å². The zero-order valence-corrected chi connectivity index (χ0v) is 16.8. The van der Waals surface area contributed by atoms with Gasteiger partial charge in [0.1, 0.15) is 24.1 Å². The van der Waals surface area contributed by atoms with Crippen molar-refractivity contribution < 1.29 is 22.8 Å². The molecule has 2 aliphatic heterocycles. The van der Waals surface area contributed by atoms with Crippen LogP contribution in [0.15, 0.2) is 18.2 Å². The average Bonchev–Trinajstić information content (AvgIpc) is 2.99. The van der Waals surface area contributed by atoms with Crippen LogP contribution in [0.3, 0.4) is 0 Å². The molecule has 0 bridgehead atoms. The molecule has 2 aromatic rings. The fraction of sp³-hybridized carbons (Fsp3) is 0.400. The van der Waals surface area contributed by atoms with Gasteiger partial charge in [-0.3, -0.25) is 9.48 Å². The number of hydrogen-bond donors (Lipinski definition) is 1. The van der Waals surface area contributed by atoms with Crippen LogP contribution in [0.2, 0.25) is 0 Å². The van der Waals surface area contributed by atoms with E-state index in [-0.39, 0.29) is 36.0 Å².